The molecule has 0 spiro atoms. The van der Waals surface area contributed by atoms with Gasteiger partial charge in [0.25, 0.3) is 0 Å². The molecule has 6 heteroatoms. The van der Waals surface area contributed by atoms with Crippen molar-refractivity contribution in [3.8, 4) is 0 Å². The van der Waals surface area contributed by atoms with Gasteiger partial charge in [-0.1, -0.05) is 51.0 Å². The molecular weight excluding hydrogens is 348 g/mol. The zero-order chi connectivity index (χ0) is 18.7. The van der Waals surface area contributed by atoms with E-state index in [0.29, 0.717) is 35.3 Å². The van der Waals surface area contributed by atoms with E-state index in [1.165, 1.54) is 10.7 Å². The number of carbonyl (C=O) groups excluding carboxylic acids is 1. The first-order valence-corrected chi connectivity index (χ1v) is 10.9. The highest BCUT2D eigenvalue weighted by atomic mass is 32.2. The van der Waals surface area contributed by atoms with Gasteiger partial charge in [-0.05, 0) is 36.8 Å². The predicted octanol–water partition coefficient (Wildman–Crippen LogP) is 2.95. The van der Waals surface area contributed by atoms with Crippen molar-refractivity contribution in [2.24, 2.45) is 11.8 Å². The molecule has 2 aliphatic rings. The molecule has 1 aliphatic heterocycles. The minimum absolute atomic E-state index is 0.0345. The van der Waals surface area contributed by atoms with Crippen molar-refractivity contribution < 1.29 is 13.2 Å². The summed E-state index contributed by atoms with van der Waals surface area (Å²) in [6.07, 6.45) is 5.62. The minimum atomic E-state index is -3.50. The van der Waals surface area contributed by atoms with E-state index in [2.05, 4.69) is 19.2 Å². The van der Waals surface area contributed by atoms with Crippen LogP contribution in [0.15, 0.2) is 46.9 Å². The number of benzene rings is 1. The van der Waals surface area contributed by atoms with Gasteiger partial charge in [-0.3, -0.25) is 4.79 Å². The maximum absolute atomic E-state index is 12.7. The van der Waals surface area contributed by atoms with Gasteiger partial charge >= 0.3 is 0 Å². The van der Waals surface area contributed by atoms with Crippen LogP contribution in [0.2, 0.25) is 0 Å². The first-order chi connectivity index (χ1) is 12.4. The van der Waals surface area contributed by atoms with Crippen molar-refractivity contribution >= 4 is 15.9 Å². The molecular formula is C20H28N2O3S. The summed E-state index contributed by atoms with van der Waals surface area (Å²) in [4.78, 5) is 12.9. The molecule has 3 atom stereocenters. The normalized spacial score (nSPS) is 27.6. The number of carbonyl (C=O) groups is 1. The monoisotopic (exact) mass is 376 g/mol. The van der Waals surface area contributed by atoms with Crippen molar-refractivity contribution in [3.63, 3.8) is 0 Å². The lowest BCUT2D eigenvalue weighted by atomic mass is 9.78. The lowest BCUT2D eigenvalue weighted by Crippen LogP contribution is -2.45. The fourth-order valence-electron chi connectivity index (χ4n) is 3.86. The highest BCUT2D eigenvalue weighted by molar-refractivity contribution is 7.89. The van der Waals surface area contributed by atoms with Gasteiger partial charge < -0.3 is 5.32 Å². The number of amides is 1. The highest BCUT2D eigenvalue weighted by Gasteiger charge is 2.31. The molecule has 0 unspecified atom stereocenters. The predicted molar refractivity (Wildman–Crippen MR) is 102 cm³/mol. The molecule has 0 bridgehead atoms. The van der Waals surface area contributed by atoms with Crippen molar-refractivity contribution in [2.45, 2.75) is 50.5 Å². The molecule has 1 heterocycles. The summed E-state index contributed by atoms with van der Waals surface area (Å²) in [5.74, 6) is 1.07. The average molecular weight is 377 g/mol. The van der Waals surface area contributed by atoms with Crippen LogP contribution in [0.1, 0.15) is 39.5 Å². The quantitative estimate of drug-likeness (QED) is 0.879. The lowest BCUT2D eigenvalue weighted by molar-refractivity contribution is -0.119. The van der Waals surface area contributed by atoms with Gasteiger partial charge in [-0.2, -0.15) is 4.31 Å². The minimum Gasteiger partial charge on any atom is -0.349 e. The fourth-order valence-corrected chi connectivity index (χ4v) is 5.27. The SMILES string of the molecule is C[C@H]1[C@H](C)CCC[C@@H]1NC(=O)C1=CCN(S(=O)(=O)c2ccccc2)CC1. The lowest BCUT2D eigenvalue weighted by Gasteiger charge is -2.35. The van der Waals surface area contributed by atoms with Crippen LogP contribution in [0.5, 0.6) is 0 Å². The van der Waals surface area contributed by atoms with Crippen LogP contribution >= 0.6 is 0 Å². The Bertz CT molecular complexity index is 774. The molecule has 1 aromatic carbocycles. The van der Waals surface area contributed by atoms with Gasteiger partial charge in [0.15, 0.2) is 0 Å². The van der Waals surface area contributed by atoms with Gasteiger partial charge in [-0.25, -0.2) is 8.42 Å². The zero-order valence-corrected chi connectivity index (χ0v) is 16.3. The summed E-state index contributed by atoms with van der Waals surface area (Å²) in [6, 6.07) is 8.67. The molecule has 0 aromatic heterocycles. The summed E-state index contributed by atoms with van der Waals surface area (Å²) >= 11 is 0. The third-order valence-electron chi connectivity index (χ3n) is 5.87. The van der Waals surface area contributed by atoms with Crippen molar-refractivity contribution in [2.75, 3.05) is 13.1 Å². The maximum Gasteiger partial charge on any atom is 0.247 e. The van der Waals surface area contributed by atoms with E-state index < -0.39 is 10.0 Å². The van der Waals surface area contributed by atoms with E-state index in [1.807, 2.05) is 0 Å². The van der Waals surface area contributed by atoms with Gasteiger partial charge in [0, 0.05) is 24.7 Å². The standard InChI is InChI=1S/C20H28N2O3S/c1-15-7-6-10-19(16(15)2)21-20(23)17-11-13-22(14-12-17)26(24,25)18-8-4-3-5-9-18/h3-5,8-9,11,15-16,19H,6-7,10,12-14H2,1-2H3,(H,21,23)/t15-,16+,19+/m1/s1. The number of nitrogens with zero attached hydrogens (tertiary/aromatic N) is 1. The summed E-state index contributed by atoms with van der Waals surface area (Å²) in [6.45, 7) is 5.04. The van der Waals surface area contributed by atoms with Crippen molar-refractivity contribution in [3.05, 3.63) is 42.0 Å². The second kappa shape index (κ2) is 7.92. The Morgan fingerprint density at radius 2 is 1.88 bits per heavy atom. The Morgan fingerprint density at radius 1 is 1.15 bits per heavy atom. The smallest absolute Gasteiger partial charge is 0.247 e. The van der Waals surface area contributed by atoms with Crippen molar-refractivity contribution in [1.82, 2.24) is 9.62 Å². The van der Waals surface area contributed by atoms with Gasteiger partial charge in [-0.15, -0.1) is 0 Å². The van der Waals surface area contributed by atoms with E-state index in [1.54, 1.807) is 36.4 Å². The summed E-state index contributed by atoms with van der Waals surface area (Å²) in [5, 5.41) is 3.18. The van der Waals surface area contributed by atoms with E-state index in [4.69, 9.17) is 0 Å². The molecule has 26 heavy (non-hydrogen) atoms. The molecule has 0 saturated heterocycles. The van der Waals surface area contributed by atoms with E-state index in [-0.39, 0.29) is 18.5 Å². The molecule has 1 aliphatic carbocycles. The molecule has 1 fully saturated rings. The molecule has 0 radical (unpaired) electrons. The third kappa shape index (κ3) is 4.01. The molecule has 1 N–H and O–H groups in total. The van der Waals surface area contributed by atoms with Gasteiger partial charge in [0.05, 0.1) is 4.90 Å². The largest absolute Gasteiger partial charge is 0.349 e. The zero-order valence-electron chi connectivity index (χ0n) is 15.5. The molecule has 5 nitrogen and oxygen atoms in total. The number of hydrogen-bond donors (Lipinski definition) is 1. The van der Waals surface area contributed by atoms with Crippen LogP contribution in [0, 0.1) is 11.8 Å². The topological polar surface area (TPSA) is 66.5 Å². The van der Waals surface area contributed by atoms with Crippen LogP contribution in [-0.2, 0) is 14.8 Å². The van der Waals surface area contributed by atoms with Crippen LogP contribution < -0.4 is 5.32 Å². The Labute approximate surface area is 156 Å². The number of hydrogen-bond acceptors (Lipinski definition) is 3. The molecule has 1 aromatic rings. The summed E-state index contributed by atoms with van der Waals surface area (Å²) in [5.41, 5.74) is 0.704. The van der Waals surface area contributed by atoms with Crippen LogP contribution in [0.25, 0.3) is 0 Å². The van der Waals surface area contributed by atoms with Gasteiger partial charge in [0.2, 0.25) is 15.9 Å². The van der Waals surface area contributed by atoms with Crippen LogP contribution in [0.3, 0.4) is 0 Å². The second-order valence-corrected chi connectivity index (χ2v) is 9.44. The number of sulfonamides is 1. The fraction of sp³-hybridized carbons (Fsp3) is 0.550. The first kappa shape index (κ1) is 19.1. The first-order valence-electron chi connectivity index (χ1n) is 9.44. The maximum atomic E-state index is 12.7. The van der Waals surface area contributed by atoms with E-state index in [9.17, 15) is 13.2 Å². The van der Waals surface area contributed by atoms with Crippen LogP contribution in [-0.4, -0.2) is 37.8 Å². The molecule has 1 amide bonds. The molecule has 1 saturated carbocycles. The Balaban J connectivity index is 1.63. The van der Waals surface area contributed by atoms with Crippen LogP contribution in [0.4, 0.5) is 0 Å². The Kier molecular flexibility index (Phi) is 5.82. The Morgan fingerprint density at radius 3 is 2.54 bits per heavy atom. The Hall–Kier alpha value is -1.66. The highest BCUT2D eigenvalue weighted by Crippen LogP contribution is 2.30. The van der Waals surface area contributed by atoms with Gasteiger partial charge in [0.1, 0.15) is 0 Å². The summed E-state index contributed by atoms with van der Waals surface area (Å²) < 4.78 is 26.7. The van der Waals surface area contributed by atoms with E-state index in [0.717, 1.165) is 12.8 Å². The van der Waals surface area contributed by atoms with E-state index >= 15 is 0 Å². The molecule has 3 rings (SSSR count). The second-order valence-electron chi connectivity index (χ2n) is 7.50. The number of nitrogens with one attached hydrogen (secondary N) is 1. The van der Waals surface area contributed by atoms with Crippen molar-refractivity contribution in [1.29, 1.82) is 0 Å². The third-order valence-corrected chi connectivity index (χ3v) is 7.75. The molecule has 142 valence electrons. The average Bonchev–Trinajstić information content (AvgIpc) is 2.66. The summed E-state index contributed by atoms with van der Waals surface area (Å²) in [7, 11) is -3.50. The number of rotatable bonds is 4.